The largest absolute Gasteiger partial charge is 0.394 e. The van der Waals surface area contributed by atoms with Gasteiger partial charge < -0.3 is 10.4 Å². The molecule has 1 aromatic heterocycles. The summed E-state index contributed by atoms with van der Waals surface area (Å²) in [7, 11) is 0. The van der Waals surface area contributed by atoms with Gasteiger partial charge in [-0.15, -0.1) is 11.3 Å². The number of halogens is 1. The number of nitrogens with zero attached hydrogens (tertiary/aromatic N) is 2. The molecule has 2 rings (SSSR count). The normalized spacial score (nSPS) is 12.1. The predicted octanol–water partition coefficient (Wildman–Crippen LogP) is 2.21. The molecule has 8 heteroatoms. The smallest absolute Gasteiger partial charge is 0.272 e. The summed E-state index contributed by atoms with van der Waals surface area (Å²) in [6.45, 7) is -0.198. The van der Waals surface area contributed by atoms with Crippen LogP contribution in [0.2, 0.25) is 0 Å². The fourth-order valence-corrected chi connectivity index (χ4v) is 2.38. The van der Waals surface area contributed by atoms with Crippen LogP contribution in [-0.4, -0.2) is 27.7 Å². The average Bonchev–Trinajstić information content (AvgIpc) is 2.92. The zero-order chi connectivity index (χ0) is 14.5. The number of non-ortho nitro benzene ring substituents is 1. The van der Waals surface area contributed by atoms with E-state index < -0.39 is 16.8 Å². The van der Waals surface area contributed by atoms with Crippen LogP contribution >= 0.6 is 11.3 Å². The van der Waals surface area contributed by atoms with E-state index in [4.69, 9.17) is 0 Å². The van der Waals surface area contributed by atoms with Crippen molar-refractivity contribution in [3.8, 4) is 0 Å². The Morgan fingerprint density at radius 1 is 1.55 bits per heavy atom. The van der Waals surface area contributed by atoms with Crippen LogP contribution in [0, 0.1) is 15.9 Å². The maximum Gasteiger partial charge on any atom is 0.272 e. The predicted molar refractivity (Wildman–Crippen MR) is 73.4 cm³/mol. The van der Waals surface area contributed by atoms with Gasteiger partial charge in [-0.05, 0) is 6.07 Å². The van der Waals surface area contributed by atoms with E-state index in [1.165, 1.54) is 23.5 Å². The molecule has 20 heavy (non-hydrogen) atoms. The van der Waals surface area contributed by atoms with Crippen molar-refractivity contribution >= 4 is 22.7 Å². The number of anilines is 1. The lowest BCUT2D eigenvalue weighted by atomic mass is 10.2. The molecular weight excluding hydrogens is 285 g/mol. The first-order valence-corrected chi connectivity index (χ1v) is 6.68. The molecule has 1 aromatic carbocycles. The minimum atomic E-state index is -0.725. The molecule has 0 spiro atoms. The molecule has 0 aliphatic carbocycles. The standard InChI is InChI=1S/C12H12FN3O3S/c13-10-6-9(16(18)19)1-2-11(10)15-8(7-17)5-12-14-3-4-20-12/h1-4,6,8,15,17H,5,7H2. The molecule has 6 nitrogen and oxygen atoms in total. The van der Waals surface area contributed by atoms with Crippen LogP contribution in [0.25, 0.3) is 0 Å². The molecule has 1 atom stereocenters. The van der Waals surface area contributed by atoms with Crippen LogP contribution in [0.3, 0.4) is 0 Å². The lowest BCUT2D eigenvalue weighted by Gasteiger charge is -2.16. The highest BCUT2D eigenvalue weighted by Gasteiger charge is 2.15. The second-order valence-corrected chi connectivity index (χ2v) is 5.05. The highest BCUT2D eigenvalue weighted by molar-refractivity contribution is 7.09. The van der Waals surface area contributed by atoms with E-state index in [1.54, 1.807) is 6.20 Å². The van der Waals surface area contributed by atoms with Crippen LogP contribution in [0.4, 0.5) is 15.8 Å². The SMILES string of the molecule is O=[N+]([O-])c1ccc(NC(CO)Cc2nccs2)c(F)c1. The highest BCUT2D eigenvalue weighted by Crippen LogP contribution is 2.21. The third-order valence-corrected chi connectivity index (χ3v) is 3.45. The lowest BCUT2D eigenvalue weighted by Crippen LogP contribution is -2.26. The monoisotopic (exact) mass is 297 g/mol. The number of thiazole rings is 1. The van der Waals surface area contributed by atoms with E-state index in [1.807, 2.05) is 5.38 Å². The summed E-state index contributed by atoms with van der Waals surface area (Å²) in [5.41, 5.74) is -0.195. The number of rotatable bonds is 6. The molecule has 0 aliphatic heterocycles. The van der Waals surface area contributed by atoms with E-state index >= 15 is 0 Å². The summed E-state index contributed by atoms with van der Waals surface area (Å²) >= 11 is 1.44. The fraction of sp³-hybridized carbons (Fsp3) is 0.250. The van der Waals surface area contributed by atoms with Gasteiger partial charge in [0, 0.05) is 24.1 Å². The number of nitro groups is 1. The maximum absolute atomic E-state index is 13.7. The second kappa shape index (κ2) is 6.40. The molecule has 0 radical (unpaired) electrons. The number of benzene rings is 1. The molecule has 1 unspecified atom stereocenters. The summed E-state index contributed by atoms with van der Waals surface area (Å²) in [5, 5.41) is 25.3. The van der Waals surface area contributed by atoms with Gasteiger partial charge in [0.25, 0.3) is 5.69 Å². The quantitative estimate of drug-likeness (QED) is 0.630. The molecule has 0 amide bonds. The number of aromatic nitrogens is 1. The van der Waals surface area contributed by atoms with E-state index in [0.29, 0.717) is 6.42 Å². The van der Waals surface area contributed by atoms with Gasteiger partial charge in [0.1, 0.15) is 0 Å². The van der Waals surface area contributed by atoms with Gasteiger partial charge in [0.2, 0.25) is 0 Å². The molecule has 106 valence electrons. The number of hydrogen-bond acceptors (Lipinski definition) is 6. The van der Waals surface area contributed by atoms with Crippen LogP contribution in [-0.2, 0) is 6.42 Å². The number of hydrogen-bond donors (Lipinski definition) is 2. The van der Waals surface area contributed by atoms with Crippen LogP contribution in [0.1, 0.15) is 5.01 Å². The summed E-state index contributed by atoms with van der Waals surface area (Å²) in [6.07, 6.45) is 2.10. The number of aliphatic hydroxyl groups excluding tert-OH is 1. The van der Waals surface area contributed by atoms with Crippen molar-refractivity contribution in [1.29, 1.82) is 0 Å². The van der Waals surface area contributed by atoms with Gasteiger partial charge in [-0.25, -0.2) is 9.37 Å². The van der Waals surface area contributed by atoms with Gasteiger partial charge in [-0.2, -0.15) is 0 Å². The van der Waals surface area contributed by atoms with E-state index in [9.17, 15) is 19.6 Å². The first-order chi connectivity index (χ1) is 9.60. The van der Waals surface area contributed by atoms with Gasteiger partial charge in [-0.1, -0.05) is 0 Å². The Kier molecular flexibility index (Phi) is 4.59. The Morgan fingerprint density at radius 3 is 2.90 bits per heavy atom. The topological polar surface area (TPSA) is 88.3 Å². The summed E-state index contributed by atoms with van der Waals surface area (Å²) in [6, 6.07) is 2.94. The molecule has 0 aliphatic rings. The molecule has 0 fully saturated rings. The minimum Gasteiger partial charge on any atom is -0.394 e. The molecule has 0 saturated carbocycles. The first kappa shape index (κ1) is 14.4. The maximum atomic E-state index is 13.7. The summed E-state index contributed by atoms with van der Waals surface area (Å²) < 4.78 is 13.7. The first-order valence-electron chi connectivity index (χ1n) is 5.80. The van der Waals surface area contributed by atoms with Crippen molar-refractivity contribution in [2.45, 2.75) is 12.5 Å². The van der Waals surface area contributed by atoms with Gasteiger partial charge >= 0.3 is 0 Å². The summed E-state index contributed by atoms with van der Waals surface area (Å²) in [5.74, 6) is -0.725. The van der Waals surface area contributed by atoms with Crippen LogP contribution in [0.5, 0.6) is 0 Å². The third-order valence-electron chi connectivity index (χ3n) is 2.65. The minimum absolute atomic E-state index is 0.117. The van der Waals surface area contributed by atoms with Crippen LogP contribution in [0.15, 0.2) is 29.8 Å². The average molecular weight is 297 g/mol. The van der Waals surface area contributed by atoms with Crippen molar-refractivity contribution in [3.05, 3.63) is 50.7 Å². The van der Waals surface area contributed by atoms with Crippen molar-refractivity contribution in [3.63, 3.8) is 0 Å². The molecule has 1 heterocycles. The zero-order valence-electron chi connectivity index (χ0n) is 10.3. The molecular formula is C12H12FN3O3S. The highest BCUT2D eigenvalue weighted by atomic mass is 32.1. The Balaban J connectivity index is 2.09. The zero-order valence-corrected chi connectivity index (χ0v) is 11.1. The van der Waals surface area contributed by atoms with Crippen molar-refractivity contribution in [1.82, 2.24) is 4.98 Å². The van der Waals surface area contributed by atoms with Gasteiger partial charge in [-0.3, -0.25) is 10.1 Å². The Bertz CT molecular complexity index is 592. The van der Waals surface area contributed by atoms with E-state index in [0.717, 1.165) is 11.1 Å². The van der Waals surface area contributed by atoms with E-state index in [2.05, 4.69) is 10.3 Å². The molecule has 2 N–H and O–H groups in total. The third kappa shape index (κ3) is 3.49. The fourth-order valence-electron chi connectivity index (χ4n) is 1.68. The van der Waals surface area contributed by atoms with Gasteiger partial charge in [0.15, 0.2) is 5.82 Å². The number of aliphatic hydroxyl groups is 1. The Labute approximate surface area is 118 Å². The molecule has 2 aromatic rings. The van der Waals surface area contributed by atoms with Crippen molar-refractivity contribution in [2.75, 3.05) is 11.9 Å². The van der Waals surface area contributed by atoms with E-state index in [-0.39, 0.29) is 18.0 Å². The van der Waals surface area contributed by atoms with Crippen molar-refractivity contribution < 1.29 is 14.4 Å². The van der Waals surface area contributed by atoms with Crippen LogP contribution < -0.4 is 5.32 Å². The number of nitro benzene ring substituents is 1. The Morgan fingerprint density at radius 2 is 2.35 bits per heavy atom. The summed E-state index contributed by atoms with van der Waals surface area (Å²) in [4.78, 5) is 14.0. The molecule has 0 saturated heterocycles. The number of nitrogens with one attached hydrogen (secondary N) is 1. The van der Waals surface area contributed by atoms with Crippen molar-refractivity contribution in [2.24, 2.45) is 0 Å². The molecule has 0 bridgehead atoms. The lowest BCUT2D eigenvalue weighted by molar-refractivity contribution is -0.385. The second-order valence-electron chi connectivity index (χ2n) is 4.08. The Hall–Kier alpha value is -2.06. The van der Waals surface area contributed by atoms with Gasteiger partial charge in [0.05, 0.1) is 34.3 Å².